The van der Waals surface area contributed by atoms with Gasteiger partial charge in [0.15, 0.2) is 5.78 Å². The topological polar surface area (TPSA) is 81.4 Å². The zero-order valence-corrected chi connectivity index (χ0v) is 15.8. The third-order valence-electron chi connectivity index (χ3n) is 3.85. The maximum Gasteiger partial charge on any atom is 0.407 e. The van der Waals surface area contributed by atoms with Crippen LogP contribution in [0.1, 0.15) is 54.7 Å². The van der Waals surface area contributed by atoms with E-state index in [-0.39, 0.29) is 12.3 Å². The summed E-state index contributed by atoms with van der Waals surface area (Å²) in [5, 5.41) is 2.69. The Morgan fingerprint density at radius 2 is 1.81 bits per heavy atom. The summed E-state index contributed by atoms with van der Waals surface area (Å²) in [6.45, 7) is 7.70. The number of rotatable bonds is 5. The zero-order chi connectivity index (χ0) is 19.3. The highest BCUT2D eigenvalue weighted by atomic mass is 16.6. The van der Waals surface area contributed by atoms with E-state index in [1.54, 1.807) is 45.0 Å². The Kier molecular flexibility index (Phi) is 6.03. The minimum atomic E-state index is -0.552. The van der Waals surface area contributed by atoms with Gasteiger partial charge in [0.05, 0.1) is 0 Å². The Morgan fingerprint density at radius 3 is 2.46 bits per heavy atom. The van der Waals surface area contributed by atoms with E-state index in [9.17, 15) is 9.59 Å². The van der Waals surface area contributed by atoms with E-state index < -0.39 is 11.7 Å². The molecule has 5 nitrogen and oxygen atoms in total. The van der Waals surface area contributed by atoms with Crippen LogP contribution in [-0.2, 0) is 17.7 Å². The molecule has 0 spiro atoms. The molecule has 0 aromatic heterocycles. The van der Waals surface area contributed by atoms with Gasteiger partial charge in [-0.1, -0.05) is 37.3 Å². The molecule has 0 aliphatic heterocycles. The van der Waals surface area contributed by atoms with Crippen LogP contribution in [0, 0.1) is 0 Å². The van der Waals surface area contributed by atoms with Crippen LogP contribution in [0.15, 0.2) is 42.5 Å². The molecule has 0 atom stereocenters. The fraction of sp³-hybridized carbons (Fsp3) is 0.333. The Hall–Kier alpha value is -2.82. The number of benzene rings is 2. The number of amides is 1. The fourth-order valence-corrected chi connectivity index (χ4v) is 2.59. The Balaban J connectivity index is 2.14. The fourth-order valence-electron chi connectivity index (χ4n) is 2.59. The normalized spacial score (nSPS) is 11.1. The SMILES string of the molecule is CCc1cccc(C(=O)c2cccc(CNC(=O)OC(C)(C)C)c2)c1N. The summed E-state index contributed by atoms with van der Waals surface area (Å²) in [6, 6.07) is 12.7. The lowest BCUT2D eigenvalue weighted by Gasteiger charge is -2.19. The number of para-hydroxylation sites is 1. The minimum Gasteiger partial charge on any atom is -0.444 e. The van der Waals surface area contributed by atoms with Gasteiger partial charge >= 0.3 is 6.09 Å². The molecular weight excluding hydrogens is 328 g/mol. The van der Waals surface area contributed by atoms with Gasteiger partial charge in [-0.25, -0.2) is 4.79 Å². The van der Waals surface area contributed by atoms with Gasteiger partial charge in [-0.15, -0.1) is 0 Å². The third kappa shape index (κ3) is 5.09. The Morgan fingerprint density at radius 1 is 1.12 bits per heavy atom. The monoisotopic (exact) mass is 354 g/mol. The molecule has 0 heterocycles. The highest BCUT2D eigenvalue weighted by Gasteiger charge is 2.17. The molecule has 0 radical (unpaired) electrons. The van der Waals surface area contributed by atoms with Crippen molar-refractivity contribution in [1.29, 1.82) is 0 Å². The second-order valence-electron chi connectivity index (χ2n) is 7.12. The smallest absolute Gasteiger partial charge is 0.407 e. The van der Waals surface area contributed by atoms with Gasteiger partial charge in [0.2, 0.25) is 0 Å². The second-order valence-corrected chi connectivity index (χ2v) is 7.12. The van der Waals surface area contributed by atoms with Gasteiger partial charge in [-0.2, -0.15) is 0 Å². The van der Waals surface area contributed by atoms with E-state index in [4.69, 9.17) is 10.5 Å². The van der Waals surface area contributed by atoms with E-state index in [0.717, 1.165) is 17.5 Å². The quantitative estimate of drug-likeness (QED) is 0.626. The standard InChI is InChI=1S/C21H26N2O3/c1-5-15-9-7-11-17(18(15)22)19(24)16-10-6-8-14(12-16)13-23-20(25)26-21(2,3)4/h6-12H,5,13,22H2,1-4H3,(H,23,25). The molecular formula is C21H26N2O3. The first kappa shape index (κ1) is 19.5. The van der Waals surface area contributed by atoms with E-state index in [1.807, 2.05) is 25.1 Å². The van der Waals surface area contributed by atoms with Crippen LogP contribution in [0.5, 0.6) is 0 Å². The first-order valence-electron chi connectivity index (χ1n) is 8.69. The van der Waals surface area contributed by atoms with Crippen LogP contribution in [-0.4, -0.2) is 17.5 Å². The lowest BCUT2D eigenvalue weighted by Crippen LogP contribution is -2.32. The highest BCUT2D eigenvalue weighted by Crippen LogP contribution is 2.22. The molecule has 0 saturated carbocycles. The zero-order valence-electron chi connectivity index (χ0n) is 15.8. The summed E-state index contributed by atoms with van der Waals surface area (Å²) in [4.78, 5) is 24.6. The second kappa shape index (κ2) is 8.04. The predicted molar refractivity (Wildman–Crippen MR) is 103 cm³/mol. The first-order chi connectivity index (χ1) is 12.2. The molecule has 1 amide bonds. The molecule has 0 aliphatic carbocycles. The van der Waals surface area contributed by atoms with Crippen molar-refractivity contribution in [3.05, 3.63) is 64.7 Å². The van der Waals surface area contributed by atoms with E-state index in [2.05, 4.69) is 5.32 Å². The number of nitrogens with one attached hydrogen (secondary N) is 1. The number of anilines is 1. The molecule has 0 bridgehead atoms. The van der Waals surface area contributed by atoms with E-state index in [1.165, 1.54) is 0 Å². The number of hydrogen-bond donors (Lipinski definition) is 2. The van der Waals surface area contributed by atoms with Crippen LogP contribution < -0.4 is 11.1 Å². The number of ether oxygens (including phenoxy) is 1. The average molecular weight is 354 g/mol. The molecule has 0 saturated heterocycles. The minimum absolute atomic E-state index is 0.128. The summed E-state index contributed by atoms with van der Waals surface area (Å²) in [5.74, 6) is -0.128. The lowest BCUT2D eigenvalue weighted by atomic mass is 9.97. The molecule has 26 heavy (non-hydrogen) atoms. The summed E-state index contributed by atoms with van der Waals surface area (Å²) in [5.41, 5.74) is 8.91. The van der Waals surface area contributed by atoms with Crippen molar-refractivity contribution in [2.24, 2.45) is 0 Å². The molecule has 5 heteroatoms. The molecule has 2 aromatic rings. The van der Waals surface area contributed by atoms with Crippen LogP contribution in [0.25, 0.3) is 0 Å². The van der Waals surface area contributed by atoms with Gasteiger partial charge in [0.1, 0.15) is 5.60 Å². The van der Waals surface area contributed by atoms with E-state index >= 15 is 0 Å². The number of hydrogen-bond acceptors (Lipinski definition) is 4. The summed E-state index contributed by atoms with van der Waals surface area (Å²) in [6.07, 6.45) is 0.279. The third-order valence-corrected chi connectivity index (χ3v) is 3.85. The van der Waals surface area contributed by atoms with Crippen LogP contribution >= 0.6 is 0 Å². The molecule has 3 N–H and O–H groups in total. The number of aryl methyl sites for hydroxylation is 1. The molecule has 2 rings (SSSR count). The number of alkyl carbamates (subject to hydrolysis) is 1. The molecule has 0 fully saturated rings. The average Bonchev–Trinajstić information content (AvgIpc) is 2.58. The molecule has 0 unspecified atom stereocenters. The van der Waals surface area contributed by atoms with Crippen molar-refractivity contribution in [2.45, 2.75) is 46.3 Å². The maximum atomic E-state index is 12.8. The van der Waals surface area contributed by atoms with Crippen molar-refractivity contribution in [2.75, 3.05) is 5.73 Å². The first-order valence-corrected chi connectivity index (χ1v) is 8.69. The Labute approximate surface area is 154 Å². The van der Waals surface area contributed by atoms with Gasteiger partial charge in [-0.05, 0) is 50.5 Å². The Bertz CT molecular complexity index is 807. The largest absolute Gasteiger partial charge is 0.444 e. The number of carbonyl (C=O) groups excluding carboxylic acids is 2. The van der Waals surface area contributed by atoms with E-state index in [0.29, 0.717) is 16.8 Å². The molecule has 0 aliphatic rings. The summed E-state index contributed by atoms with van der Waals surface area (Å²) in [7, 11) is 0. The van der Waals surface area contributed by atoms with Gasteiger partial charge in [0, 0.05) is 23.4 Å². The summed E-state index contributed by atoms with van der Waals surface area (Å²) >= 11 is 0. The van der Waals surface area contributed by atoms with Crippen molar-refractivity contribution in [3.63, 3.8) is 0 Å². The van der Waals surface area contributed by atoms with Crippen LogP contribution in [0.4, 0.5) is 10.5 Å². The maximum absolute atomic E-state index is 12.8. The van der Waals surface area contributed by atoms with Crippen molar-refractivity contribution < 1.29 is 14.3 Å². The van der Waals surface area contributed by atoms with Crippen molar-refractivity contribution in [3.8, 4) is 0 Å². The van der Waals surface area contributed by atoms with Gasteiger partial charge < -0.3 is 15.8 Å². The van der Waals surface area contributed by atoms with Gasteiger partial charge in [0.25, 0.3) is 0 Å². The van der Waals surface area contributed by atoms with Crippen molar-refractivity contribution in [1.82, 2.24) is 5.32 Å². The summed E-state index contributed by atoms with van der Waals surface area (Å²) < 4.78 is 5.21. The van der Waals surface area contributed by atoms with Crippen LogP contribution in [0.3, 0.4) is 0 Å². The molecule has 138 valence electrons. The van der Waals surface area contributed by atoms with Crippen LogP contribution in [0.2, 0.25) is 0 Å². The number of carbonyl (C=O) groups is 2. The van der Waals surface area contributed by atoms with Crippen molar-refractivity contribution >= 4 is 17.6 Å². The van der Waals surface area contributed by atoms with Gasteiger partial charge in [-0.3, -0.25) is 4.79 Å². The molecule has 2 aromatic carbocycles. The number of nitrogens with two attached hydrogens (primary N) is 1. The highest BCUT2D eigenvalue weighted by molar-refractivity contribution is 6.12. The predicted octanol–water partition coefficient (Wildman–Crippen LogP) is 4.09. The number of ketones is 1. The lowest BCUT2D eigenvalue weighted by molar-refractivity contribution is 0.0523. The number of nitrogen functional groups attached to an aromatic ring is 1.